The quantitative estimate of drug-likeness (QED) is 0.176. The molecular weight excluding hydrogens is 409 g/mol. The molecule has 1 heterocycles. The number of amidine groups is 1. The molecule has 0 amide bonds. The van der Waals surface area contributed by atoms with E-state index >= 15 is 0 Å². The number of rotatable bonds is 1. The summed E-state index contributed by atoms with van der Waals surface area (Å²) >= 11 is 0. The molecule has 5 nitrogen and oxygen atoms in total. The Morgan fingerprint density at radius 1 is 0.964 bits per heavy atom. The number of aromatic nitrogens is 2. The molecule has 2 aromatic carbocycles. The van der Waals surface area contributed by atoms with E-state index in [1.807, 2.05) is 56.0 Å². The van der Waals surface area contributed by atoms with Crippen LogP contribution in [0.15, 0.2) is 42.6 Å². The van der Waals surface area contributed by atoms with Crippen LogP contribution in [0.2, 0.25) is 0 Å². The van der Waals surface area contributed by atoms with Crippen LogP contribution < -0.4 is 4.84 Å². The van der Waals surface area contributed by atoms with E-state index in [1.165, 1.54) is 5.39 Å². The second-order valence-corrected chi connectivity index (χ2v) is 8.28. The first-order chi connectivity index (χ1) is 12.5. The van der Waals surface area contributed by atoms with E-state index in [1.54, 1.807) is 4.85 Å². The van der Waals surface area contributed by atoms with Gasteiger partial charge in [-0.15, -0.1) is 5.10 Å². The molecule has 0 fully saturated rings. The van der Waals surface area contributed by atoms with Gasteiger partial charge in [-0.1, -0.05) is 41.2 Å². The Morgan fingerprint density at radius 3 is 2.04 bits per heavy atom. The number of halogens is 6. The molecule has 0 aliphatic rings. The molecular formula is C16H19F6N4OP. The van der Waals surface area contributed by atoms with Gasteiger partial charge >= 0.3 is 39.0 Å². The fourth-order valence-electron chi connectivity index (χ4n) is 2.47. The third kappa shape index (κ3) is 6.56. The molecule has 0 aliphatic heterocycles. The molecule has 0 spiro atoms. The molecule has 0 unspecified atom stereocenters. The van der Waals surface area contributed by atoms with Crippen LogP contribution in [0.25, 0.3) is 21.7 Å². The fraction of sp³-hybridized carbons (Fsp3) is 0.250. The first-order valence-corrected chi connectivity index (χ1v) is 9.87. The van der Waals surface area contributed by atoms with Gasteiger partial charge in [0, 0.05) is 10.8 Å². The summed E-state index contributed by atoms with van der Waals surface area (Å²) in [6.07, 6.45) is 1.82. The summed E-state index contributed by atoms with van der Waals surface area (Å²) < 4.78 is 61.1. The zero-order valence-electron chi connectivity index (χ0n) is 15.5. The van der Waals surface area contributed by atoms with Crippen LogP contribution >= 0.6 is 7.81 Å². The van der Waals surface area contributed by atoms with Crippen LogP contribution in [0.5, 0.6) is 0 Å². The van der Waals surface area contributed by atoms with Crippen molar-refractivity contribution in [2.75, 3.05) is 28.2 Å². The van der Waals surface area contributed by atoms with Crippen molar-refractivity contribution in [1.29, 1.82) is 0 Å². The Hall–Kier alpha value is -2.55. The van der Waals surface area contributed by atoms with Gasteiger partial charge in [0.15, 0.2) is 0 Å². The van der Waals surface area contributed by atoms with Crippen LogP contribution in [-0.2, 0) is 0 Å². The fourth-order valence-corrected chi connectivity index (χ4v) is 2.47. The van der Waals surface area contributed by atoms with Crippen molar-refractivity contribution < 1.29 is 34.6 Å². The first kappa shape index (κ1) is 21.7. The molecule has 0 radical (unpaired) electrons. The molecule has 0 saturated heterocycles. The van der Waals surface area contributed by atoms with Crippen molar-refractivity contribution in [3.8, 4) is 0 Å². The van der Waals surface area contributed by atoms with Gasteiger partial charge in [-0.25, -0.2) is 9.48 Å². The van der Waals surface area contributed by atoms with Gasteiger partial charge in [0.1, 0.15) is 5.52 Å². The van der Waals surface area contributed by atoms with E-state index in [0.717, 1.165) is 16.3 Å². The topological polar surface area (TPSA) is 33.3 Å². The SMILES string of the molecule is CN(C)C(On1ncc2ccc3ccccc3c21)=[N+](C)C.F[P-](F)(F)(F)(F)F. The maximum atomic E-state index is 9.87. The molecule has 1 aromatic heterocycles. The van der Waals surface area contributed by atoms with E-state index < -0.39 is 7.81 Å². The normalized spacial score (nSPS) is 13.9. The van der Waals surface area contributed by atoms with E-state index in [4.69, 9.17) is 4.84 Å². The van der Waals surface area contributed by atoms with Crippen LogP contribution in [0.1, 0.15) is 0 Å². The van der Waals surface area contributed by atoms with E-state index in [2.05, 4.69) is 29.4 Å². The third-order valence-corrected chi connectivity index (χ3v) is 3.36. The zero-order chi connectivity index (χ0) is 21.4. The summed E-state index contributed by atoms with van der Waals surface area (Å²) in [6.45, 7) is 0. The van der Waals surface area contributed by atoms with Crippen molar-refractivity contribution in [1.82, 2.24) is 14.8 Å². The molecule has 0 aliphatic carbocycles. The molecule has 3 aromatic rings. The van der Waals surface area contributed by atoms with E-state index in [0.29, 0.717) is 6.02 Å². The predicted octanol–water partition coefficient (Wildman–Crippen LogP) is 5.19. The summed E-state index contributed by atoms with van der Waals surface area (Å²) in [6, 6.07) is 13.1. The molecule has 12 heteroatoms. The van der Waals surface area contributed by atoms with Crippen molar-refractivity contribution >= 4 is 35.5 Å². The number of nitrogens with zero attached hydrogens (tertiary/aromatic N) is 4. The second-order valence-electron chi connectivity index (χ2n) is 6.36. The summed E-state index contributed by atoms with van der Waals surface area (Å²) in [5.74, 6) is 0. The second kappa shape index (κ2) is 6.51. The first-order valence-electron chi connectivity index (χ1n) is 7.85. The molecule has 28 heavy (non-hydrogen) atoms. The summed E-state index contributed by atoms with van der Waals surface area (Å²) in [5, 5.41) is 7.73. The number of hydrogen-bond donors (Lipinski definition) is 0. The molecule has 0 atom stereocenters. The molecule has 0 N–H and O–H groups in total. The summed E-state index contributed by atoms with van der Waals surface area (Å²) in [4.78, 5) is 9.48. The van der Waals surface area contributed by atoms with Crippen LogP contribution in [0, 0.1) is 0 Å². The zero-order valence-corrected chi connectivity index (χ0v) is 16.3. The maximum absolute atomic E-state index is 10.7. The molecule has 0 saturated carbocycles. The average molecular weight is 428 g/mol. The Labute approximate surface area is 156 Å². The van der Waals surface area contributed by atoms with Gasteiger partial charge in [0.2, 0.25) is 0 Å². The van der Waals surface area contributed by atoms with Crippen LogP contribution in [0.4, 0.5) is 25.2 Å². The van der Waals surface area contributed by atoms with Gasteiger partial charge in [0.05, 0.1) is 34.4 Å². The van der Waals surface area contributed by atoms with Gasteiger partial charge in [-0.3, -0.25) is 4.84 Å². The minimum absolute atomic E-state index is 0.716. The predicted molar refractivity (Wildman–Crippen MR) is 98.2 cm³/mol. The van der Waals surface area contributed by atoms with Crippen molar-refractivity contribution in [3.63, 3.8) is 0 Å². The third-order valence-electron chi connectivity index (χ3n) is 3.36. The Bertz CT molecular complexity index is 1030. The van der Waals surface area contributed by atoms with Crippen molar-refractivity contribution in [2.45, 2.75) is 0 Å². The van der Waals surface area contributed by atoms with E-state index in [9.17, 15) is 25.2 Å². The number of benzene rings is 2. The molecule has 3 rings (SSSR count). The number of fused-ring (bicyclic) bond motifs is 3. The van der Waals surface area contributed by atoms with Gasteiger partial charge in [0.25, 0.3) is 0 Å². The average Bonchev–Trinajstić information content (AvgIpc) is 2.92. The van der Waals surface area contributed by atoms with E-state index in [-0.39, 0.29) is 0 Å². The van der Waals surface area contributed by atoms with Crippen LogP contribution in [0.3, 0.4) is 0 Å². The standard InChI is InChI=1S/C16H19N4O.F6P/c1-18(2)16(19(3)4)21-20-15-13(11-17-20)10-9-12-7-5-6-8-14(12)15;1-7(2,3,4,5)6/h5-11H,1-4H3;/q+1;-1. The Kier molecular flexibility index (Phi) is 5.06. The van der Waals surface area contributed by atoms with Gasteiger partial charge in [-0.2, -0.15) is 0 Å². The Morgan fingerprint density at radius 2 is 1.50 bits per heavy atom. The summed E-state index contributed by atoms with van der Waals surface area (Å²) in [5.41, 5.74) is 0.981. The van der Waals surface area contributed by atoms with Crippen molar-refractivity contribution in [2.24, 2.45) is 0 Å². The number of hydrogen-bond acceptors (Lipinski definition) is 2. The van der Waals surface area contributed by atoms with Crippen LogP contribution in [-0.4, -0.2) is 53.6 Å². The monoisotopic (exact) mass is 428 g/mol. The van der Waals surface area contributed by atoms with Gasteiger partial charge < -0.3 is 0 Å². The van der Waals surface area contributed by atoms with Crippen molar-refractivity contribution in [3.05, 3.63) is 42.6 Å². The minimum atomic E-state index is -10.7. The molecule has 0 bridgehead atoms. The summed E-state index contributed by atoms with van der Waals surface area (Å²) in [7, 11) is -2.88. The Balaban J connectivity index is 0.000000345. The molecule has 156 valence electrons. The van der Waals surface area contributed by atoms with Gasteiger partial charge in [-0.05, 0) is 5.39 Å².